The number of hydrogen-bond donors (Lipinski definition) is 0. The number of ether oxygens (including phenoxy) is 1. The molecule has 0 radical (unpaired) electrons. The predicted molar refractivity (Wildman–Crippen MR) is 104 cm³/mol. The summed E-state index contributed by atoms with van der Waals surface area (Å²) < 4.78 is 19.5. The Hall–Kier alpha value is -2.10. The number of carbonyl (C=O) groups excluding carboxylic acids is 1. The summed E-state index contributed by atoms with van der Waals surface area (Å²) in [5, 5.41) is 2.34. The Morgan fingerprint density at radius 1 is 1.08 bits per heavy atom. The van der Waals surface area contributed by atoms with Gasteiger partial charge in [0.2, 0.25) is 0 Å². The van der Waals surface area contributed by atoms with Crippen molar-refractivity contribution in [1.29, 1.82) is 0 Å². The number of hydrogen-bond acceptors (Lipinski definition) is 2. The smallest absolute Gasteiger partial charge is 0.341 e. The van der Waals surface area contributed by atoms with Crippen LogP contribution in [-0.4, -0.2) is 12.6 Å². The van der Waals surface area contributed by atoms with Crippen LogP contribution in [0.1, 0.15) is 35.2 Å². The molecule has 0 aliphatic heterocycles. The minimum atomic E-state index is -0.652. The first-order valence-corrected chi connectivity index (χ1v) is 9.02. The van der Waals surface area contributed by atoms with Crippen molar-refractivity contribution >= 4 is 39.9 Å². The van der Waals surface area contributed by atoms with Crippen LogP contribution in [0.25, 0.3) is 10.8 Å². The Labute approximate surface area is 161 Å². The van der Waals surface area contributed by atoms with E-state index in [1.807, 2.05) is 25.1 Å². The molecule has 0 bridgehead atoms. The summed E-state index contributed by atoms with van der Waals surface area (Å²) in [6.07, 6.45) is 0.593. The fourth-order valence-electron chi connectivity index (χ4n) is 2.84. The Morgan fingerprint density at radius 3 is 2.62 bits per heavy atom. The SMILES string of the molecule is CC(CCOC(=O)c1c(F)ccc2ccccc12)c1ccc(Cl)c(Cl)c1. The second-order valence-electron chi connectivity index (χ2n) is 6.14. The van der Waals surface area contributed by atoms with Gasteiger partial charge in [-0.3, -0.25) is 0 Å². The van der Waals surface area contributed by atoms with E-state index in [4.69, 9.17) is 27.9 Å². The van der Waals surface area contributed by atoms with E-state index < -0.39 is 11.8 Å². The van der Waals surface area contributed by atoms with Crippen LogP contribution in [0, 0.1) is 5.82 Å². The summed E-state index contributed by atoms with van der Waals surface area (Å²) in [5.41, 5.74) is 0.983. The second kappa shape index (κ2) is 8.07. The highest BCUT2D eigenvalue weighted by Gasteiger charge is 2.17. The number of fused-ring (bicyclic) bond motifs is 1. The first-order chi connectivity index (χ1) is 12.5. The van der Waals surface area contributed by atoms with Gasteiger partial charge in [0.15, 0.2) is 0 Å². The summed E-state index contributed by atoms with van der Waals surface area (Å²) in [6.45, 7) is 2.19. The number of carbonyl (C=O) groups is 1. The standard InChI is InChI=1S/C21H17Cl2FO2/c1-13(15-6-8-17(22)18(23)12-15)10-11-26-21(25)20-16-5-3-2-4-14(16)7-9-19(20)24/h2-9,12-13H,10-11H2,1H3. The number of rotatable bonds is 5. The molecule has 26 heavy (non-hydrogen) atoms. The zero-order valence-electron chi connectivity index (χ0n) is 14.1. The van der Waals surface area contributed by atoms with Gasteiger partial charge in [0, 0.05) is 0 Å². The third-order valence-corrected chi connectivity index (χ3v) is 5.12. The number of esters is 1. The highest BCUT2D eigenvalue weighted by molar-refractivity contribution is 6.42. The van der Waals surface area contributed by atoms with Crippen LogP contribution < -0.4 is 0 Å². The van der Waals surface area contributed by atoms with Gasteiger partial charge in [-0.1, -0.05) is 66.5 Å². The van der Waals surface area contributed by atoms with E-state index in [-0.39, 0.29) is 18.1 Å². The molecule has 2 nitrogen and oxygen atoms in total. The van der Waals surface area contributed by atoms with E-state index in [2.05, 4.69) is 0 Å². The van der Waals surface area contributed by atoms with Gasteiger partial charge in [-0.15, -0.1) is 0 Å². The number of benzene rings is 3. The molecular formula is C21H17Cl2FO2. The molecule has 1 unspecified atom stereocenters. The molecule has 134 valence electrons. The van der Waals surface area contributed by atoms with E-state index in [0.29, 0.717) is 21.9 Å². The maximum Gasteiger partial charge on any atom is 0.341 e. The van der Waals surface area contributed by atoms with Crippen molar-refractivity contribution < 1.29 is 13.9 Å². The molecule has 1 atom stereocenters. The minimum Gasteiger partial charge on any atom is -0.462 e. The highest BCUT2D eigenvalue weighted by Crippen LogP contribution is 2.28. The fraction of sp³-hybridized carbons (Fsp3) is 0.190. The third-order valence-electron chi connectivity index (χ3n) is 4.38. The maximum absolute atomic E-state index is 14.2. The van der Waals surface area contributed by atoms with Crippen LogP contribution in [0.4, 0.5) is 4.39 Å². The molecule has 0 spiro atoms. The normalized spacial score (nSPS) is 12.2. The van der Waals surface area contributed by atoms with Crippen molar-refractivity contribution in [3.63, 3.8) is 0 Å². The van der Waals surface area contributed by atoms with E-state index in [1.54, 1.807) is 30.3 Å². The van der Waals surface area contributed by atoms with Crippen LogP contribution in [0.5, 0.6) is 0 Å². The third kappa shape index (κ3) is 4.00. The summed E-state index contributed by atoms with van der Waals surface area (Å²) >= 11 is 12.0. The van der Waals surface area contributed by atoms with Crippen molar-refractivity contribution in [1.82, 2.24) is 0 Å². The Kier molecular flexibility index (Phi) is 5.80. The molecule has 5 heteroatoms. The van der Waals surface area contributed by atoms with Crippen molar-refractivity contribution in [2.75, 3.05) is 6.61 Å². The molecule has 3 rings (SSSR count). The van der Waals surface area contributed by atoms with Gasteiger partial charge in [0.1, 0.15) is 11.4 Å². The Bertz CT molecular complexity index is 956. The van der Waals surface area contributed by atoms with Gasteiger partial charge in [-0.25, -0.2) is 9.18 Å². The summed E-state index contributed by atoms with van der Waals surface area (Å²) in [7, 11) is 0. The molecule has 3 aromatic rings. The average Bonchev–Trinajstić information content (AvgIpc) is 2.63. The molecule has 3 aromatic carbocycles. The first kappa shape index (κ1) is 18.7. The van der Waals surface area contributed by atoms with Gasteiger partial charge in [-0.2, -0.15) is 0 Å². The minimum absolute atomic E-state index is 0.0229. The van der Waals surface area contributed by atoms with Crippen molar-refractivity contribution in [2.24, 2.45) is 0 Å². The second-order valence-corrected chi connectivity index (χ2v) is 6.96. The lowest BCUT2D eigenvalue weighted by molar-refractivity contribution is 0.0492. The fourth-order valence-corrected chi connectivity index (χ4v) is 3.15. The van der Waals surface area contributed by atoms with Crippen molar-refractivity contribution in [3.8, 4) is 0 Å². The average molecular weight is 391 g/mol. The molecule has 0 N–H and O–H groups in total. The molecule has 0 aromatic heterocycles. The summed E-state index contributed by atoms with van der Waals surface area (Å²) in [4.78, 5) is 12.4. The lowest BCUT2D eigenvalue weighted by Crippen LogP contribution is -2.11. The van der Waals surface area contributed by atoms with Crippen molar-refractivity contribution in [3.05, 3.63) is 81.6 Å². The largest absolute Gasteiger partial charge is 0.462 e. The van der Waals surface area contributed by atoms with Crippen LogP contribution >= 0.6 is 23.2 Å². The predicted octanol–water partition coefficient (Wildman–Crippen LogP) is 6.64. The van der Waals surface area contributed by atoms with E-state index >= 15 is 0 Å². The van der Waals surface area contributed by atoms with Crippen LogP contribution in [0.3, 0.4) is 0 Å². The van der Waals surface area contributed by atoms with Crippen LogP contribution in [0.2, 0.25) is 10.0 Å². The van der Waals surface area contributed by atoms with Gasteiger partial charge in [-0.05, 0) is 46.9 Å². The molecule has 0 amide bonds. The molecule has 0 heterocycles. The lowest BCUT2D eigenvalue weighted by Gasteiger charge is -2.14. The molecule has 0 aliphatic carbocycles. The summed E-state index contributed by atoms with van der Waals surface area (Å²) in [5.74, 6) is -1.11. The van der Waals surface area contributed by atoms with Crippen LogP contribution in [-0.2, 0) is 4.74 Å². The maximum atomic E-state index is 14.2. The molecule has 0 saturated carbocycles. The quantitative estimate of drug-likeness (QED) is 0.456. The van der Waals surface area contributed by atoms with Gasteiger partial charge >= 0.3 is 5.97 Å². The molecule has 0 aliphatic rings. The topological polar surface area (TPSA) is 26.3 Å². The lowest BCUT2D eigenvalue weighted by atomic mass is 9.98. The van der Waals surface area contributed by atoms with Gasteiger partial charge < -0.3 is 4.74 Å². The monoisotopic (exact) mass is 390 g/mol. The molecule has 0 fully saturated rings. The van der Waals surface area contributed by atoms with Gasteiger partial charge in [0.25, 0.3) is 0 Å². The number of halogens is 3. The highest BCUT2D eigenvalue weighted by atomic mass is 35.5. The van der Waals surface area contributed by atoms with E-state index in [0.717, 1.165) is 10.9 Å². The Balaban J connectivity index is 1.68. The summed E-state index contributed by atoms with van der Waals surface area (Å²) in [6, 6.07) is 15.5. The van der Waals surface area contributed by atoms with Gasteiger partial charge in [0.05, 0.1) is 16.7 Å². The van der Waals surface area contributed by atoms with Crippen LogP contribution in [0.15, 0.2) is 54.6 Å². The van der Waals surface area contributed by atoms with E-state index in [1.165, 1.54) is 6.07 Å². The first-order valence-electron chi connectivity index (χ1n) is 8.26. The van der Waals surface area contributed by atoms with Crippen molar-refractivity contribution in [2.45, 2.75) is 19.3 Å². The zero-order valence-corrected chi connectivity index (χ0v) is 15.6. The Morgan fingerprint density at radius 2 is 1.85 bits per heavy atom. The zero-order chi connectivity index (χ0) is 18.7. The molecular weight excluding hydrogens is 374 g/mol. The van der Waals surface area contributed by atoms with E-state index in [9.17, 15) is 9.18 Å². The molecule has 0 saturated heterocycles.